The van der Waals surface area contributed by atoms with Crippen molar-refractivity contribution in [3.8, 4) is 6.07 Å². The highest BCUT2D eigenvalue weighted by Crippen LogP contribution is 2.17. The van der Waals surface area contributed by atoms with Crippen LogP contribution in [0.1, 0.15) is 17.5 Å². The molecule has 0 bridgehead atoms. The van der Waals surface area contributed by atoms with E-state index in [0.29, 0.717) is 16.9 Å². The molecule has 0 heterocycles. The third kappa shape index (κ3) is 4.21. The first-order valence-corrected chi connectivity index (χ1v) is 6.18. The first-order chi connectivity index (χ1) is 7.77. The minimum atomic E-state index is -0.293. The zero-order valence-corrected chi connectivity index (χ0v) is 10.0. The highest BCUT2D eigenvalue weighted by atomic mass is 32.2. The molecule has 86 valence electrons. The first kappa shape index (κ1) is 13.0. The first-order valence-electron chi connectivity index (χ1n) is 5.03. The Kier molecular flexibility index (Phi) is 5.91. The smallest absolute Gasteiger partial charge is 0.128 e. The van der Waals surface area contributed by atoms with Gasteiger partial charge in [0.1, 0.15) is 5.82 Å². The van der Waals surface area contributed by atoms with Crippen molar-refractivity contribution in [1.82, 2.24) is 0 Å². The summed E-state index contributed by atoms with van der Waals surface area (Å²) in [6.45, 7) is 0.739. The van der Waals surface area contributed by atoms with Crippen molar-refractivity contribution in [1.29, 1.82) is 5.26 Å². The van der Waals surface area contributed by atoms with Crippen LogP contribution in [0.5, 0.6) is 0 Å². The second kappa shape index (κ2) is 7.26. The molecule has 16 heavy (non-hydrogen) atoms. The van der Waals surface area contributed by atoms with Gasteiger partial charge in [0.25, 0.3) is 0 Å². The van der Waals surface area contributed by atoms with Crippen LogP contribution in [0.3, 0.4) is 0 Å². The normalized spacial score (nSPS) is 10.1. The van der Waals surface area contributed by atoms with Crippen LogP contribution in [0.25, 0.3) is 0 Å². The molecule has 1 rings (SSSR count). The summed E-state index contributed by atoms with van der Waals surface area (Å²) < 4.78 is 18.3. The summed E-state index contributed by atoms with van der Waals surface area (Å²) in [5, 5.41) is 8.59. The fourth-order valence-electron chi connectivity index (χ4n) is 1.22. The van der Waals surface area contributed by atoms with Crippen LogP contribution in [-0.4, -0.2) is 19.5 Å². The van der Waals surface area contributed by atoms with Crippen molar-refractivity contribution in [2.24, 2.45) is 0 Å². The van der Waals surface area contributed by atoms with Crippen molar-refractivity contribution in [3.63, 3.8) is 0 Å². The second-order valence-corrected chi connectivity index (χ2v) is 4.42. The molecule has 0 saturated carbocycles. The number of halogens is 1. The van der Waals surface area contributed by atoms with Gasteiger partial charge in [-0.2, -0.15) is 17.0 Å². The maximum Gasteiger partial charge on any atom is 0.128 e. The number of hydrogen-bond donors (Lipinski definition) is 0. The minimum Gasteiger partial charge on any atom is -0.385 e. The standard InChI is InChI=1S/C12H14FNOS/c1-15-5-2-6-16-9-11-4-3-10(8-14)7-12(11)13/h3-4,7H,2,5-6,9H2,1H3. The van der Waals surface area contributed by atoms with Gasteiger partial charge in [0.15, 0.2) is 0 Å². The van der Waals surface area contributed by atoms with Gasteiger partial charge in [0.05, 0.1) is 11.6 Å². The van der Waals surface area contributed by atoms with E-state index in [1.54, 1.807) is 31.0 Å². The lowest BCUT2D eigenvalue weighted by Gasteiger charge is -2.03. The van der Waals surface area contributed by atoms with Gasteiger partial charge in [-0.1, -0.05) is 6.07 Å². The molecule has 0 saturated heterocycles. The lowest BCUT2D eigenvalue weighted by molar-refractivity contribution is 0.200. The molecule has 0 aliphatic rings. The van der Waals surface area contributed by atoms with Crippen LogP contribution < -0.4 is 0 Å². The summed E-state index contributed by atoms with van der Waals surface area (Å²) >= 11 is 1.67. The number of nitriles is 1. The van der Waals surface area contributed by atoms with E-state index in [4.69, 9.17) is 10.00 Å². The third-order valence-electron chi connectivity index (χ3n) is 2.08. The number of hydrogen-bond acceptors (Lipinski definition) is 3. The van der Waals surface area contributed by atoms with Gasteiger partial charge >= 0.3 is 0 Å². The lowest BCUT2D eigenvalue weighted by atomic mass is 10.1. The fourth-order valence-corrected chi connectivity index (χ4v) is 2.14. The molecule has 0 atom stereocenters. The Morgan fingerprint density at radius 2 is 2.31 bits per heavy atom. The monoisotopic (exact) mass is 239 g/mol. The summed E-state index contributed by atoms with van der Waals surface area (Å²) in [4.78, 5) is 0. The van der Waals surface area contributed by atoms with Gasteiger partial charge in [0.2, 0.25) is 0 Å². The lowest BCUT2D eigenvalue weighted by Crippen LogP contribution is -1.93. The predicted octanol–water partition coefficient (Wildman–Crippen LogP) is 2.97. The highest BCUT2D eigenvalue weighted by Gasteiger charge is 2.03. The Morgan fingerprint density at radius 1 is 1.50 bits per heavy atom. The Balaban J connectivity index is 2.40. The quantitative estimate of drug-likeness (QED) is 0.715. The van der Waals surface area contributed by atoms with Crippen molar-refractivity contribution in [2.75, 3.05) is 19.5 Å². The van der Waals surface area contributed by atoms with E-state index in [-0.39, 0.29) is 5.82 Å². The van der Waals surface area contributed by atoms with Crippen LogP contribution in [0.2, 0.25) is 0 Å². The highest BCUT2D eigenvalue weighted by molar-refractivity contribution is 7.98. The van der Waals surface area contributed by atoms with Crippen molar-refractivity contribution < 1.29 is 9.13 Å². The minimum absolute atomic E-state index is 0.293. The van der Waals surface area contributed by atoms with Crippen LogP contribution in [-0.2, 0) is 10.5 Å². The van der Waals surface area contributed by atoms with Crippen LogP contribution in [0.15, 0.2) is 18.2 Å². The number of nitrogens with zero attached hydrogens (tertiary/aromatic N) is 1. The Hall–Kier alpha value is -1.05. The van der Waals surface area contributed by atoms with Crippen LogP contribution in [0.4, 0.5) is 4.39 Å². The Bertz CT molecular complexity index is 376. The van der Waals surface area contributed by atoms with Crippen LogP contribution in [0, 0.1) is 17.1 Å². The molecule has 0 unspecified atom stereocenters. The summed E-state index contributed by atoms with van der Waals surface area (Å²) in [5.74, 6) is 1.30. The molecule has 0 spiro atoms. The molecule has 0 aromatic heterocycles. The number of benzene rings is 1. The summed E-state index contributed by atoms with van der Waals surface area (Å²) in [5.41, 5.74) is 1.02. The molecule has 2 nitrogen and oxygen atoms in total. The Morgan fingerprint density at radius 3 is 2.94 bits per heavy atom. The van der Waals surface area contributed by atoms with Gasteiger partial charge in [-0.25, -0.2) is 4.39 Å². The Labute approximate surface area is 99.4 Å². The van der Waals surface area contributed by atoms with E-state index in [2.05, 4.69) is 0 Å². The molecular formula is C12H14FNOS. The summed E-state index contributed by atoms with van der Waals surface area (Å²) in [6, 6.07) is 6.52. The molecule has 0 radical (unpaired) electrons. The molecule has 0 aliphatic carbocycles. The topological polar surface area (TPSA) is 33.0 Å². The van der Waals surface area contributed by atoms with Crippen LogP contribution >= 0.6 is 11.8 Å². The molecule has 1 aromatic carbocycles. The number of thioether (sulfide) groups is 1. The molecular weight excluding hydrogens is 225 g/mol. The summed E-state index contributed by atoms with van der Waals surface area (Å²) in [6.07, 6.45) is 0.971. The molecule has 0 aliphatic heterocycles. The van der Waals surface area contributed by atoms with E-state index >= 15 is 0 Å². The van der Waals surface area contributed by atoms with Gasteiger partial charge in [-0.05, 0) is 29.9 Å². The average Bonchev–Trinajstić information content (AvgIpc) is 2.30. The summed E-state index contributed by atoms with van der Waals surface area (Å²) in [7, 11) is 1.67. The maximum atomic E-state index is 13.4. The van der Waals surface area contributed by atoms with Gasteiger partial charge < -0.3 is 4.74 Å². The predicted molar refractivity (Wildman–Crippen MR) is 63.8 cm³/mol. The molecule has 0 amide bonds. The maximum absolute atomic E-state index is 13.4. The second-order valence-electron chi connectivity index (χ2n) is 3.32. The number of ether oxygens (including phenoxy) is 1. The zero-order valence-electron chi connectivity index (χ0n) is 9.20. The van der Waals surface area contributed by atoms with Crippen molar-refractivity contribution >= 4 is 11.8 Å². The van der Waals surface area contributed by atoms with E-state index < -0.39 is 0 Å². The zero-order chi connectivity index (χ0) is 11.8. The number of rotatable bonds is 6. The van der Waals surface area contributed by atoms with E-state index in [1.807, 2.05) is 6.07 Å². The average molecular weight is 239 g/mol. The molecule has 1 aromatic rings. The number of methoxy groups -OCH3 is 1. The fraction of sp³-hybridized carbons (Fsp3) is 0.417. The van der Waals surface area contributed by atoms with Crippen molar-refractivity contribution in [3.05, 3.63) is 35.1 Å². The largest absolute Gasteiger partial charge is 0.385 e. The van der Waals surface area contributed by atoms with E-state index in [1.165, 1.54) is 6.07 Å². The van der Waals surface area contributed by atoms with E-state index in [9.17, 15) is 4.39 Å². The van der Waals surface area contributed by atoms with E-state index in [0.717, 1.165) is 18.8 Å². The molecule has 0 fully saturated rings. The van der Waals surface area contributed by atoms with Crippen molar-refractivity contribution in [2.45, 2.75) is 12.2 Å². The van der Waals surface area contributed by atoms with Gasteiger partial charge in [-0.3, -0.25) is 0 Å². The molecule has 0 N–H and O–H groups in total. The third-order valence-corrected chi connectivity index (χ3v) is 3.17. The van der Waals surface area contributed by atoms with Gasteiger partial charge in [0, 0.05) is 19.5 Å². The SMILES string of the molecule is COCCCSCc1ccc(C#N)cc1F. The molecule has 4 heteroatoms. The van der Waals surface area contributed by atoms with Gasteiger partial charge in [-0.15, -0.1) is 0 Å².